The normalized spacial score (nSPS) is 11.6. The van der Waals surface area contributed by atoms with Crippen LogP contribution in [-0.2, 0) is 11.3 Å². The highest BCUT2D eigenvalue weighted by molar-refractivity contribution is 5.83. The van der Waals surface area contributed by atoms with Gasteiger partial charge in [-0.3, -0.25) is 9.79 Å². The van der Waals surface area contributed by atoms with Crippen molar-refractivity contribution in [2.75, 3.05) is 27.7 Å². The Hall–Kier alpha value is -2.50. The summed E-state index contributed by atoms with van der Waals surface area (Å²) in [5.41, 5.74) is 2.02. The van der Waals surface area contributed by atoms with Gasteiger partial charge in [-0.2, -0.15) is 0 Å². The molecule has 0 aliphatic rings. The SMILES string of the molecule is CN=C(NCCC(=O)N(C)C)NCc1oc2ccccc2c1C. The third kappa shape index (κ3) is 4.25. The van der Waals surface area contributed by atoms with E-state index in [0.29, 0.717) is 25.5 Å². The Balaban J connectivity index is 1.90. The molecule has 6 heteroatoms. The zero-order chi connectivity index (χ0) is 16.8. The van der Waals surface area contributed by atoms with Gasteiger partial charge in [0.1, 0.15) is 11.3 Å². The molecule has 23 heavy (non-hydrogen) atoms. The molecule has 2 N–H and O–H groups in total. The number of nitrogens with zero attached hydrogens (tertiary/aromatic N) is 2. The van der Waals surface area contributed by atoms with Crippen LogP contribution >= 0.6 is 0 Å². The van der Waals surface area contributed by atoms with E-state index in [1.54, 1.807) is 26.0 Å². The smallest absolute Gasteiger partial charge is 0.223 e. The van der Waals surface area contributed by atoms with Crippen LogP contribution in [0.3, 0.4) is 0 Å². The quantitative estimate of drug-likeness (QED) is 0.653. The number of carbonyl (C=O) groups excluding carboxylic acids is 1. The van der Waals surface area contributed by atoms with Crippen molar-refractivity contribution in [3.8, 4) is 0 Å². The van der Waals surface area contributed by atoms with E-state index in [1.807, 2.05) is 18.2 Å². The highest BCUT2D eigenvalue weighted by Gasteiger charge is 2.10. The number of para-hydroxylation sites is 1. The lowest BCUT2D eigenvalue weighted by Crippen LogP contribution is -2.38. The Bertz CT molecular complexity index is 704. The van der Waals surface area contributed by atoms with E-state index in [-0.39, 0.29) is 5.91 Å². The first-order valence-corrected chi connectivity index (χ1v) is 7.64. The maximum Gasteiger partial charge on any atom is 0.223 e. The third-order valence-electron chi connectivity index (χ3n) is 3.71. The summed E-state index contributed by atoms with van der Waals surface area (Å²) in [7, 11) is 5.20. The second-order valence-corrected chi connectivity index (χ2v) is 5.54. The molecule has 1 aromatic carbocycles. The van der Waals surface area contributed by atoms with Crippen LogP contribution in [0.15, 0.2) is 33.7 Å². The number of rotatable bonds is 5. The first-order valence-electron chi connectivity index (χ1n) is 7.64. The monoisotopic (exact) mass is 316 g/mol. The third-order valence-corrected chi connectivity index (χ3v) is 3.71. The number of benzene rings is 1. The minimum atomic E-state index is 0.0843. The van der Waals surface area contributed by atoms with Crippen LogP contribution in [0.4, 0.5) is 0 Å². The van der Waals surface area contributed by atoms with E-state index in [1.165, 1.54) is 0 Å². The Morgan fingerprint density at radius 1 is 1.26 bits per heavy atom. The highest BCUT2D eigenvalue weighted by atomic mass is 16.3. The topological polar surface area (TPSA) is 69.9 Å². The second-order valence-electron chi connectivity index (χ2n) is 5.54. The number of hydrogen-bond acceptors (Lipinski definition) is 3. The number of furan rings is 1. The van der Waals surface area contributed by atoms with Gasteiger partial charge in [-0.15, -0.1) is 0 Å². The van der Waals surface area contributed by atoms with Gasteiger partial charge in [0, 0.05) is 45.1 Å². The largest absolute Gasteiger partial charge is 0.459 e. The number of aryl methyl sites for hydroxylation is 1. The summed E-state index contributed by atoms with van der Waals surface area (Å²) >= 11 is 0. The van der Waals surface area contributed by atoms with E-state index >= 15 is 0 Å². The Labute approximate surface area is 136 Å². The molecule has 124 valence electrons. The zero-order valence-corrected chi connectivity index (χ0v) is 14.1. The van der Waals surface area contributed by atoms with Crippen LogP contribution < -0.4 is 10.6 Å². The summed E-state index contributed by atoms with van der Waals surface area (Å²) in [6, 6.07) is 7.98. The molecule has 0 atom stereocenters. The van der Waals surface area contributed by atoms with Gasteiger partial charge in [-0.05, 0) is 13.0 Å². The van der Waals surface area contributed by atoms with E-state index in [0.717, 1.165) is 22.3 Å². The summed E-state index contributed by atoms with van der Waals surface area (Å²) in [6.45, 7) is 3.13. The number of nitrogens with one attached hydrogen (secondary N) is 2. The fourth-order valence-electron chi connectivity index (χ4n) is 2.29. The van der Waals surface area contributed by atoms with Gasteiger partial charge in [0.05, 0.1) is 6.54 Å². The Morgan fingerprint density at radius 3 is 2.65 bits per heavy atom. The first kappa shape index (κ1) is 16.9. The van der Waals surface area contributed by atoms with Crippen molar-refractivity contribution in [2.45, 2.75) is 19.9 Å². The molecule has 0 aliphatic heterocycles. The van der Waals surface area contributed by atoms with Gasteiger partial charge in [-0.25, -0.2) is 0 Å². The Morgan fingerprint density at radius 2 is 2.00 bits per heavy atom. The summed E-state index contributed by atoms with van der Waals surface area (Å²) < 4.78 is 5.86. The van der Waals surface area contributed by atoms with Crippen molar-refractivity contribution in [3.63, 3.8) is 0 Å². The van der Waals surface area contributed by atoms with Gasteiger partial charge in [-0.1, -0.05) is 18.2 Å². The summed E-state index contributed by atoms with van der Waals surface area (Å²) in [5, 5.41) is 7.47. The lowest BCUT2D eigenvalue weighted by molar-refractivity contribution is -0.128. The molecular weight excluding hydrogens is 292 g/mol. The molecule has 1 aromatic heterocycles. The fraction of sp³-hybridized carbons (Fsp3) is 0.412. The molecule has 0 radical (unpaired) electrons. The van der Waals surface area contributed by atoms with Crippen molar-refractivity contribution in [3.05, 3.63) is 35.6 Å². The average molecular weight is 316 g/mol. The zero-order valence-electron chi connectivity index (χ0n) is 14.1. The van der Waals surface area contributed by atoms with Crippen LogP contribution in [0.25, 0.3) is 11.0 Å². The van der Waals surface area contributed by atoms with Gasteiger partial charge in [0.25, 0.3) is 0 Å². The van der Waals surface area contributed by atoms with Crippen LogP contribution in [-0.4, -0.2) is 44.5 Å². The molecule has 1 amide bonds. The molecule has 0 bridgehead atoms. The van der Waals surface area contributed by atoms with Crippen LogP contribution in [0.5, 0.6) is 0 Å². The highest BCUT2D eigenvalue weighted by Crippen LogP contribution is 2.24. The molecule has 0 saturated carbocycles. The molecule has 2 aromatic rings. The predicted molar refractivity (Wildman–Crippen MR) is 92.5 cm³/mol. The minimum absolute atomic E-state index is 0.0843. The Kier molecular flexibility index (Phi) is 5.62. The number of aliphatic imine (C=N–C) groups is 1. The van der Waals surface area contributed by atoms with Gasteiger partial charge >= 0.3 is 0 Å². The molecule has 0 spiro atoms. The molecule has 0 unspecified atom stereocenters. The predicted octanol–water partition coefficient (Wildman–Crippen LogP) is 1.88. The van der Waals surface area contributed by atoms with E-state index < -0.39 is 0 Å². The van der Waals surface area contributed by atoms with Crippen molar-refractivity contribution >= 4 is 22.8 Å². The van der Waals surface area contributed by atoms with Crippen LogP contribution in [0.2, 0.25) is 0 Å². The molecule has 1 heterocycles. The van der Waals surface area contributed by atoms with Gasteiger partial charge in [0.2, 0.25) is 5.91 Å². The maximum absolute atomic E-state index is 11.5. The van der Waals surface area contributed by atoms with Crippen molar-refractivity contribution < 1.29 is 9.21 Å². The second kappa shape index (κ2) is 7.67. The van der Waals surface area contributed by atoms with Crippen molar-refractivity contribution in [2.24, 2.45) is 4.99 Å². The van der Waals surface area contributed by atoms with E-state index in [2.05, 4.69) is 28.6 Å². The van der Waals surface area contributed by atoms with E-state index in [4.69, 9.17) is 4.42 Å². The molecular formula is C17H24N4O2. The number of carbonyl (C=O) groups is 1. The van der Waals surface area contributed by atoms with E-state index in [9.17, 15) is 4.79 Å². The van der Waals surface area contributed by atoms with Crippen LogP contribution in [0.1, 0.15) is 17.7 Å². The lowest BCUT2D eigenvalue weighted by Gasteiger charge is -2.13. The van der Waals surface area contributed by atoms with Crippen molar-refractivity contribution in [1.29, 1.82) is 0 Å². The fourth-order valence-corrected chi connectivity index (χ4v) is 2.29. The van der Waals surface area contributed by atoms with Crippen molar-refractivity contribution in [1.82, 2.24) is 15.5 Å². The van der Waals surface area contributed by atoms with Crippen LogP contribution in [0, 0.1) is 6.92 Å². The molecule has 0 aliphatic carbocycles. The average Bonchev–Trinajstić information content (AvgIpc) is 2.87. The summed E-state index contributed by atoms with van der Waals surface area (Å²) in [6.07, 6.45) is 0.428. The summed E-state index contributed by atoms with van der Waals surface area (Å²) in [4.78, 5) is 17.3. The molecule has 2 rings (SSSR count). The number of guanidine groups is 1. The first-order chi connectivity index (χ1) is 11.0. The molecule has 6 nitrogen and oxygen atoms in total. The van der Waals surface area contributed by atoms with Gasteiger partial charge < -0.3 is 20.0 Å². The standard InChI is InChI=1S/C17H24N4O2/c1-12-13-7-5-6-8-14(13)23-15(12)11-20-17(18-2)19-10-9-16(22)21(3)4/h5-8H,9-11H2,1-4H3,(H2,18,19,20). The molecule has 0 fully saturated rings. The maximum atomic E-state index is 11.5. The number of amides is 1. The number of fused-ring (bicyclic) bond motifs is 1. The summed E-state index contributed by atoms with van der Waals surface area (Å²) in [5.74, 6) is 1.62. The minimum Gasteiger partial charge on any atom is -0.459 e. The van der Waals surface area contributed by atoms with Gasteiger partial charge in [0.15, 0.2) is 5.96 Å². The lowest BCUT2D eigenvalue weighted by atomic mass is 10.1. The number of hydrogen-bond donors (Lipinski definition) is 2. The molecule has 0 saturated heterocycles.